The molecule has 6 heterocycles. The molecule has 0 unspecified atom stereocenters. The Balaban J connectivity index is 1.10. The molecule has 2 aromatic carbocycles. The Labute approximate surface area is 268 Å². The maximum Gasteiger partial charge on any atom is 0.146 e. The van der Waals surface area contributed by atoms with Gasteiger partial charge in [0.1, 0.15) is 26.6 Å². The van der Waals surface area contributed by atoms with Crippen molar-refractivity contribution in [2.24, 2.45) is 0 Å². The summed E-state index contributed by atoms with van der Waals surface area (Å²) in [4.78, 5) is 18.8. The highest BCUT2D eigenvalue weighted by Crippen LogP contribution is 2.45. The molecule has 0 aliphatic carbocycles. The lowest BCUT2D eigenvalue weighted by atomic mass is 10.1. The van der Waals surface area contributed by atoms with E-state index in [0.29, 0.717) is 0 Å². The van der Waals surface area contributed by atoms with Gasteiger partial charge < -0.3 is 9.80 Å². The van der Waals surface area contributed by atoms with Crippen LogP contribution in [0.3, 0.4) is 0 Å². The summed E-state index contributed by atoms with van der Waals surface area (Å²) in [6.45, 7) is 0. The van der Waals surface area contributed by atoms with E-state index in [1.165, 1.54) is 58.1 Å². The van der Waals surface area contributed by atoms with E-state index in [4.69, 9.17) is 14.3 Å². The normalized spacial score (nSPS) is 11.7. The van der Waals surface area contributed by atoms with Crippen LogP contribution in [0.2, 0.25) is 0 Å². The molecule has 0 atom stereocenters. The molecule has 0 bridgehead atoms. The first-order valence-electron chi connectivity index (χ1n) is 13.5. The molecule has 6 aromatic heterocycles. The summed E-state index contributed by atoms with van der Waals surface area (Å²) in [5.41, 5.74) is 8.40. The molecule has 0 aliphatic rings. The molecule has 0 amide bonds. The topological polar surface area (TPSA) is 58.0 Å². The number of anilines is 2. The molecular formula is C32H24N6S5. The van der Waals surface area contributed by atoms with Gasteiger partial charge >= 0.3 is 0 Å². The predicted molar refractivity (Wildman–Crippen MR) is 190 cm³/mol. The van der Waals surface area contributed by atoms with Gasteiger partial charge in [0.2, 0.25) is 0 Å². The van der Waals surface area contributed by atoms with E-state index in [1.54, 1.807) is 34.0 Å². The Morgan fingerprint density at radius 1 is 0.581 bits per heavy atom. The lowest BCUT2D eigenvalue weighted by molar-refractivity contribution is 1.13. The van der Waals surface area contributed by atoms with E-state index in [9.17, 15) is 0 Å². The van der Waals surface area contributed by atoms with Crippen LogP contribution in [0.5, 0.6) is 0 Å². The van der Waals surface area contributed by atoms with Crippen molar-refractivity contribution in [2.45, 2.75) is 0 Å². The number of thiazole rings is 1. The van der Waals surface area contributed by atoms with Crippen LogP contribution < -0.4 is 9.80 Å². The fourth-order valence-corrected chi connectivity index (χ4v) is 10.2. The van der Waals surface area contributed by atoms with Gasteiger partial charge in [0.25, 0.3) is 0 Å². The number of rotatable bonds is 6. The number of nitrogens with zero attached hydrogens (tertiary/aromatic N) is 6. The number of thiophene rings is 3. The molecule has 8 aromatic rings. The number of hydrogen-bond acceptors (Lipinski definition) is 11. The Bertz CT molecular complexity index is 2030. The molecular weight excluding hydrogens is 629 g/mol. The SMILES string of the molecule is CN(C)c1ccc(-c2cc3sc(-c4cnc(-c5nc6sc(-c7ccc(N(C)C)cc7)cc6s5)c5nsnc45)cc3s2)cc1. The van der Waals surface area contributed by atoms with Crippen LogP contribution in [0.1, 0.15) is 0 Å². The van der Waals surface area contributed by atoms with Crippen molar-refractivity contribution >= 4 is 98.4 Å². The zero-order valence-corrected chi connectivity index (χ0v) is 27.7. The van der Waals surface area contributed by atoms with Gasteiger partial charge in [-0.15, -0.1) is 45.3 Å². The van der Waals surface area contributed by atoms with Crippen LogP contribution in [0.15, 0.2) is 72.9 Å². The van der Waals surface area contributed by atoms with Crippen molar-refractivity contribution in [3.8, 4) is 42.0 Å². The quantitative estimate of drug-likeness (QED) is 0.178. The number of pyridine rings is 1. The zero-order valence-electron chi connectivity index (χ0n) is 23.7. The second-order valence-electron chi connectivity index (χ2n) is 10.6. The van der Waals surface area contributed by atoms with Crippen LogP contribution >= 0.6 is 57.1 Å². The van der Waals surface area contributed by atoms with Gasteiger partial charge in [-0.05, 0) is 53.6 Å². The Hall–Kier alpha value is -3.74. The van der Waals surface area contributed by atoms with Crippen molar-refractivity contribution in [3.05, 3.63) is 72.9 Å². The summed E-state index contributed by atoms with van der Waals surface area (Å²) < 4.78 is 13.1. The molecule has 0 N–H and O–H groups in total. The van der Waals surface area contributed by atoms with Gasteiger partial charge in [0.05, 0.1) is 16.4 Å². The predicted octanol–water partition coefficient (Wildman–Crippen LogP) is 9.83. The summed E-state index contributed by atoms with van der Waals surface area (Å²) in [6.07, 6.45) is 1.95. The summed E-state index contributed by atoms with van der Waals surface area (Å²) in [5.74, 6) is 0. The van der Waals surface area contributed by atoms with E-state index in [1.807, 2.05) is 17.5 Å². The van der Waals surface area contributed by atoms with E-state index in [0.717, 1.165) is 37.0 Å². The van der Waals surface area contributed by atoms with Gasteiger partial charge in [-0.3, -0.25) is 4.98 Å². The first kappa shape index (κ1) is 26.9. The number of fused-ring (bicyclic) bond motifs is 3. The van der Waals surface area contributed by atoms with Crippen LogP contribution in [0.4, 0.5) is 11.4 Å². The summed E-state index contributed by atoms with van der Waals surface area (Å²) >= 11 is 8.23. The van der Waals surface area contributed by atoms with E-state index < -0.39 is 0 Å². The van der Waals surface area contributed by atoms with Crippen molar-refractivity contribution in [3.63, 3.8) is 0 Å². The molecule has 8 rings (SSSR count). The third-order valence-electron chi connectivity index (χ3n) is 7.39. The van der Waals surface area contributed by atoms with E-state index >= 15 is 0 Å². The monoisotopic (exact) mass is 652 g/mol. The van der Waals surface area contributed by atoms with E-state index in [2.05, 4.69) is 109 Å². The first-order valence-corrected chi connectivity index (χ1v) is 17.5. The molecule has 212 valence electrons. The average molecular weight is 653 g/mol. The highest BCUT2D eigenvalue weighted by molar-refractivity contribution is 7.31. The molecule has 6 nitrogen and oxygen atoms in total. The second-order valence-corrected chi connectivity index (χ2v) is 15.4. The summed E-state index contributed by atoms with van der Waals surface area (Å²) in [6, 6.07) is 24.2. The maximum absolute atomic E-state index is 4.99. The molecule has 0 radical (unpaired) electrons. The van der Waals surface area contributed by atoms with Crippen molar-refractivity contribution < 1.29 is 0 Å². The fourth-order valence-electron chi connectivity index (χ4n) is 5.05. The summed E-state index contributed by atoms with van der Waals surface area (Å²) in [5, 5.41) is 0.886. The molecule has 11 heteroatoms. The third-order valence-corrected chi connectivity index (χ3v) is 12.5. The van der Waals surface area contributed by atoms with Crippen LogP contribution in [-0.4, -0.2) is 46.9 Å². The van der Waals surface area contributed by atoms with Crippen molar-refractivity contribution in [1.82, 2.24) is 18.7 Å². The minimum Gasteiger partial charge on any atom is -0.378 e. The number of benzene rings is 2. The smallest absolute Gasteiger partial charge is 0.146 e. The highest BCUT2D eigenvalue weighted by atomic mass is 32.1. The molecule has 0 aliphatic heterocycles. The first-order chi connectivity index (χ1) is 20.9. The van der Waals surface area contributed by atoms with Gasteiger partial charge in [-0.25, -0.2) is 4.98 Å². The molecule has 0 saturated heterocycles. The summed E-state index contributed by atoms with van der Waals surface area (Å²) in [7, 11) is 8.25. The minimum absolute atomic E-state index is 0.805. The lowest BCUT2D eigenvalue weighted by Crippen LogP contribution is -2.07. The Kier molecular flexibility index (Phi) is 6.53. The number of hydrogen-bond donors (Lipinski definition) is 0. The lowest BCUT2D eigenvalue weighted by Gasteiger charge is -2.12. The van der Waals surface area contributed by atoms with Crippen molar-refractivity contribution in [1.29, 1.82) is 0 Å². The largest absolute Gasteiger partial charge is 0.378 e. The average Bonchev–Trinajstić information content (AvgIpc) is 3.82. The maximum atomic E-state index is 4.99. The highest BCUT2D eigenvalue weighted by Gasteiger charge is 2.20. The minimum atomic E-state index is 0.805. The molecule has 43 heavy (non-hydrogen) atoms. The van der Waals surface area contributed by atoms with Gasteiger partial charge in [-0.1, -0.05) is 24.3 Å². The zero-order chi connectivity index (χ0) is 29.2. The van der Waals surface area contributed by atoms with Crippen molar-refractivity contribution in [2.75, 3.05) is 38.0 Å². The molecule has 0 fully saturated rings. The van der Waals surface area contributed by atoms with E-state index in [-0.39, 0.29) is 0 Å². The third kappa shape index (κ3) is 4.72. The Morgan fingerprint density at radius 3 is 1.77 bits per heavy atom. The standard InChI is InChI=1S/C32H24N6S5/c1-37(2)19-9-5-17(6-10-19)22-13-25-26(39-22)15-24(40-25)21-16-33-30(29-28(21)35-43-36-29)32-34-31-27(42-32)14-23(41-31)18-7-11-20(12-8-18)38(3)4/h5-16H,1-4H3. The fraction of sp³-hybridized carbons (Fsp3) is 0.125. The number of aromatic nitrogens is 4. The molecule has 0 spiro atoms. The van der Waals surface area contributed by atoms with Gasteiger partial charge in [0, 0.05) is 75.4 Å². The van der Waals surface area contributed by atoms with Crippen LogP contribution in [0, 0.1) is 0 Å². The van der Waals surface area contributed by atoms with Crippen LogP contribution in [-0.2, 0) is 0 Å². The van der Waals surface area contributed by atoms with Crippen LogP contribution in [0.25, 0.3) is 72.0 Å². The molecule has 0 saturated carbocycles. The van der Waals surface area contributed by atoms with Gasteiger partial charge in [0.15, 0.2) is 0 Å². The second kappa shape index (κ2) is 10.5. The Morgan fingerprint density at radius 2 is 1.14 bits per heavy atom. The van der Waals surface area contributed by atoms with Gasteiger partial charge in [-0.2, -0.15) is 8.75 Å².